The van der Waals surface area contributed by atoms with Gasteiger partial charge in [-0.1, -0.05) is 35.9 Å². The normalized spacial score (nSPS) is 10.2. The molecule has 0 saturated carbocycles. The van der Waals surface area contributed by atoms with Crippen molar-refractivity contribution in [2.24, 2.45) is 0 Å². The van der Waals surface area contributed by atoms with Crippen LogP contribution in [0, 0.1) is 6.92 Å². The largest absolute Gasteiger partial charge is 0.348 e. The van der Waals surface area contributed by atoms with Gasteiger partial charge in [0.05, 0.1) is 0 Å². The molecule has 142 valence electrons. The van der Waals surface area contributed by atoms with E-state index in [0.717, 1.165) is 16.8 Å². The highest BCUT2D eigenvalue weighted by Crippen LogP contribution is 2.19. The SMILES string of the molecule is CC(=O)Nc1cccc(Nc2cc(C(=O)NCc3cccc(C)c3)ccn2)c1. The number of rotatable bonds is 6. The monoisotopic (exact) mass is 374 g/mol. The third-order valence-corrected chi connectivity index (χ3v) is 4.01. The summed E-state index contributed by atoms with van der Waals surface area (Å²) >= 11 is 0. The zero-order valence-electron chi connectivity index (χ0n) is 15.8. The lowest BCUT2D eigenvalue weighted by Gasteiger charge is -2.10. The Kier molecular flexibility index (Phi) is 6.01. The van der Waals surface area contributed by atoms with Crippen LogP contribution in [0.5, 0.6) is 0 Å². The number of hydrogen-bond donors (Lipinski definition) is 3. The zero-order chi connectivity index (χ0) is 19.9. The van der Waals surface area contributed by atoms with E-state index in [4.69, 9.17) is 0 Å². The third kappa shape index (κ3) is 5.41. The summed E-state index contributed by atoms with van der Waals surface area (Å²) in [4.78, 5) is 27.9. The van der Waals surface area contributed by atoms with Gasteiger partial charge in [0.15, 0.2) is 0 Å². The molecule has 2 aromatic carbocycles. The zero-order valence-corrected chi connectivity index (χ0v) is 15.8. The maximum Gasteiger partial charge on any atom is 0.251 e. The first kappa shape index (κ1) is 19.1. The smallest absolute Gasteiger partial charge is 0.251 e. The molecule has 28 heavy (non-hydrogen) atoms. The second-order valence-corrected chi connectivity index (χ2v) is 6.49. The fourth-order valence-corrected chi connectivity index (χ4v) is 2.77. The summed E-state index contributed by atoms with van der Waals surface area (Å²) in [6.45, 7) is 3.94. The van der Waals surface area contributed by atoms with Gasteiger partial charge in [-0.3, -0.25) is 9.59 Å². The maximum absolute atomic E-state index is 12.5. The molecule has 0 aliphatic carbocycles. The maximum atomic E-state index is 12.5. The number of anilines is 3. The van der Waals surface area contributed by atoms with E-state index in [9.17, 15) is 9.59 Å². The van der Waals surface area contributed by atoms with Crippen molar-refractivity contribution in [1.82, 2.24) is 10.3 Å². The van der Waals surface area contributed by atoms with Crippen molar-refractivity contribution >= 4 is 29.0 Å². The molecule has 0 atom stereocenters. The van der Waals surface area contributed by atoms with Gasteiger partial charge in [-0.05, 0) is 42.8 Å². The minimum atomic E-state index is -0.168. The Morgan fingerprint density at radius 3 is 2.54 bits per heavy atom. The lowest BCUT2D eigenvalue weighted by molar-refractivity contribution is -0.114. The van der Waals surface area contributed by atoms with E-state index in [1.54, 1.807) is 30.5 Å². The van der Waals surface area contributed by atoms with E-state index in [1.165, 1.54) is 6.92 Å². The Balaban J connectivity index is 1.66. The van der Waals surface area contributed by atoms with Crippen LogP contribution >= 0.6 is 0 Å². The number of nitrogens with zero attached hydrogens (tertiary/aromatic N) is 1. The first-order valence-corrected chi connectivity index (χ1v) is 8.94. The topological polar surface area (TPSA) is 83.1 Å². The van der Waals surface area contributed by atoms with Gasteiger partial charge in [-0.2, -0.15) is 0 Å². The summed E-state index contributed by atoms with van der Waals surface area (Å²) in [5.41, 5.74) is 4.17. The quantitative estimate of drug-likeness (QED) is 0.608. The number of aromatic nitrogens is 1. The Bertz CT molecular complexity index is 1000. The van der Waals surface area contributed by atoms with Crippen LogP contribution in [0.1, 0.15) is 28.4 Å². The number of benzene rings is 2. The van der Waals surface area contributed by atoms with Crippen molar-refractivity contribution in [2.45, 2.75) is 20.4 Å². The molecule has 2 amide bonds. The van der Waals surface area contributed by atoms with Gasteiger partial charge in [-0.25, -0.2) is 4.98 Å². The molecule has 6 nitrogen and oxygen atoms in total. The Morgan fingerprint density at radius 2 is 1.75 bits per heavy atom. The highest BCUT2D eigenvalue weighted by atomic mass is 16.2. The van der Waals surface area contributed by atoms with Gasteiger partial charge in [-0.15, -0.1) is 0 Å². The van der Waals surface area contributed by atoms with Crippen molar-refractivity contribution < 1.29 is 9.59 Å². The second kappa shape index (κ2) is 8.81. The van der Waals surface area contributed by atoms with Crippen LogP contribution in [0.15, 0.2) is 66.9 Å². The summed E-state index contributed by atoms with van der Waals surface area (Å²) in [6, 6.07) is 18.7. The number of hydrogen-bond acceptors (Lipinski definition) is 4. The molecule has 1 heterocycles. The average molecular weight is 374 g/mol. The Labute approximate surface area is 164 Å². The molecule has 0 fully saturated rings. The standard InChI is InChI=1S/C22H22N4O2/c1-15-5-3-6-17(11-15)14-24-22(28)18-9-10-23-21(12-18)26-20-8-4-7-19(13-20)25-16(2)27/h3-13H,14H2,1-2H3,(H,23,26)(H,24,28)(H,25,27). The molecule has 3 N–H and O–H groups in total. The average Bonchev–Trinajstić information content (AvgIpc) is 2.66. The lowest BCUT2D eigenvalue weighted by Crippen LogP contribution is -2.23. The number of carbonyl (C=O) groups excluding carboxylic acids is 2. The van der Waals surface area contributed by atoms with E-state index in [2.05, 4.69) is 20.9 Å². The molecule has 0 saturated heterocycles. The molecular formula is C22H22N4O2. The van der Waals surface area contributed by atoms with Gasteiger partial charge in [0, 0.05) is 36.6 Å². The number of nitrogens with one attached hydrogen (secondary N) is 3. The number of aryl methyl sites for hydroxylation is 1. The van der Waals surface area contributed by atoms with Crippen LogP contribution in [0.2, 0.25) is 0 Å². The van der Waals surface area contributed by atoms with Gasteiger partial charge >= 0.3 is 0 Å². The molecule has 3 rings (SSSR count). The molecule has 3 aromatic rings. The highest BCUT2D eigenvalue weighted by Gasteiger charge is 2.08. The molecule has 0 bridgehead atoms. The predicted molar refractivity (Wildman–Crippen MR) is 111 cm³/mol. The minimum Gasteiger partial charge on any atom is -0.348 e. The van der Waals surface area contributed by atoms with E-state index in [-0.39, 0.29) is 11.8 Å². The van der Waals surface area contributed by atoms with Crippen LogP contribution in [0.3, 0.4) is 0 Å². The first-order valence-electron chi connectivity index (χ1n) is 8.94. The van der Waals surface area contributed by atoms with Gasteiger partial charge in [0.2, 0.25) is 5.91 Å². The highest BCUT2D eigenvalue weighted by molar-refractivity contribution is 5.95. The van der Waals surface area contributed by atoms with Crippen LogP contribution in [0.25, 0.3) is 0 Å². The molecule has 0 unspecified atom stereocenters. The van der Waals surface area contributed by atoms with Crippen molar-refractivity contribution in [3.05, 3.63) is 83.6 Å². The van der Waals surface area contributed by atoms with Gasteiger partial charge < -0.3 is 16.0 Å². The third-order valence-electron chi connectivity index (χ3n) is 4.01. The number of amides is 2. The van der Waals surface area contributed by atoms with Crippen LogP contribution in [-0.2, 0) is 11.3 Å². The van der Waals surface area contributed by atoms with E-state index < -0.39 is 0 Å². The van der Waals surface area contributed by atoms with Crippen LogP contribution in [-0.4, -0.2) is 16.8 Å². The summed E-state index contributed by atoms with van der Waals surface area (Å²) < 4.78 is 0. The fraction of sp³-hybridized carbons (Fsp3) is 0.136. The first-order chi connectivity index (χ1) is 13.5. The van der Waals surface area contributed by atoms with Crippen LogP contribution in [0.4, 0.5) is 17.2 Å². The molecule has 0 aliphatic rings. The summed E-state index contributed by atoms with van der Waals surface area (Å²) in [7, 11) is 0. The lowest BCUT2D eigenvalue weighted by atomic mass is 10.1. The minimum absolute atomic E-state index is 0.137. The van der Waals surface area contributed by atoms with Crippen LogP contribution < -0.4 is 16.0 Å². The Hall–Kier alpha value is -3.67. The second-order valence-electron chi connectivity index (χ2n) is 6.49. The number of carbonyl (C=O) groups is 2. The van der Waals surface area contributed by atoms with Gasteiger partial charge in [0.1, 0.15) is 5.82 Å². The van der Waals surface area contributed by atoms with E-state index in [1.807, 2.05) is 43.3 Å². The summed E-state index contributed by atoms with van der Waals surface area (Å²) in [5, 5.41) is 8.81. The van der Waals surface area contributed by atoms with E-state index >= 15 is 0 Å². The molecule has 0 radical (unpaired) electrons. The number of pyridine rings is 1. The van der Waals surface area contributed by atoms with Gasteiger partial charge in [0.25, 0.3) is 5.91 Å². The summed E-state index contributed by atoms with van der Waals surface area (Å²) in [5.74, 6) is 0.240. The van der Waals surface area contributed by atoms with Crippen molar-refractivity contribution in [3.8, 4) is 0 Å². The molecular weight excluding hydrogens is 352 g/mol. The fourth-order valence-electron chi connectivity index (χ4n) is 2.77. The Morgan fingerprint density at radius 1 is 0.964 bits per heavy atom. The molecule has 1 aromatic heterocycles. The van der Waals surface area contributed by atoms with Crippen molar-refractivity contribution in [1.29, 1.82) is 0 Å². The molecule has 6 heteroatoms. The van der Waals surface area contributed by atoms with Crippen molar-refractivity contribution in [2.75, 3.05) is 10.6 Å². The molecule has 0 aliphatic heterocycles. The van der Waals surface area contributed by atoms with Crippen molar-refractivity contribution in [3.63, 3.8) is 0 Å². The van der Waals surface area contributed by atoms with E-state index in [0.29, 0.717) is 23.6 Å². The predicted octanol–water partition coefficient (Wildman–Crippen LogP) is 4.02. The molecule has 0 spiro atoms. The summed E-state index contributed by atoms with van der Waals surface area (Å²) in [6.07, 6.45) is 1.58.